The molecule has 1 aliphatic carbocycles. The number of nitrogens with zero attached hydrogens (tertiary/aromatic N) is 3. The lowest BCUT2D eigenvalue weighted by Crippen LogP contribution is -2.47. The van der Waals surface area contributed by atoms with E-state index in [1.165, 1.54) is 0 Å². The summed E-state index contributed by atoms with van der Waals surface area (Å²) >= 11 is 0. The third kappa shape index (κ3) is 4.55. The molecule has 0 unspecified atom stereocenters. The number of aliphatic imine (C=N–C) groups is 1. The van der Waals surface area contributed by atoms with E-state index in [0.717, 1.165) is 50.8 Å². The predicted octanol–water partition coefficient (Wildman–Crippen LogP) is 3.19. The number of hydrogen-bond acceptors (Lipinski definition) is 3. The van der Waals surface area contributed by atoms with Crippen molar-refractivity contribution in [1.29, 1.82) is 0 Å². The Hall–Kier alpha value is -1.39. The summed E-state index contributed by atoms with van der Waals surface area (Å²) in [6.45, 7) is 7.11. The highest BCUT2D eigenvalue weighted by Crippen LogP contribution is 2.27. The van der Waals surface area contributed by atoms with E-state index in [4.69, 9.17) is 0 Å². The highest BCUT2D eigenvalue weighted by atomic mass is 16.2. The third-order valence-corrected chi connectivity index (χ3v) is 4.85. The standard InChI is InChI=1S/C18H31N3O2/c1-4-5-10-16-19-13-20(18(23)15-8-6-7-9-15)12-11-17(22)21(16)14(2)3/h14-15H,4-13H2,1-3H3/b19-16-. The number of unbranched alkanes of at least 4 members (excludes halogenated alkanes) is 1. The Bertz CT molecular complexity index is 453. The summed E-state index contributed by atoms with van der Waals surface area (Å²) in [6, 6.07) is 0.121. The number of carbonyl (C=O) groups excluding carboxylic acids is 2. The Labute approximate surface area is 140 Å². The van der Waals surface area contributed by atoms with Gasteiger partial charge in [-0.2, -0.15) is 0 Å². The largest absolute Gasteiger partial charge is 0.322 e. The number of amides is 2. The molecule has 23 heavy (non-hydrogen) atoms. The van der Waals surface area contributed by atoms with Crippen molar-refractivity contribution in [3.05, 3.63) is 0 Å². The van der Waals surface area contributed by atoms with Crippen LogP contribution in [0, 0.1) is 5.92 Å². The molecule has 5 heteroatoms. The number of hydrogen-bond donors (Lipinski definition) is 0. The van der Waals surface area contributed by atoms with Crippen LogP contribution in [0.2, 0.25) is 0 Å². The molecule has 2 amide bonds. The molecule has 2 aliphatic rings. The maximum absolute atomic E-state index is 12.6. The fourth-order valence-electron chi connectivity index (χ4n) is 3.54. The van der Waals surface area contributed by atoms with Crippen LogP contribution in [0.1, 0.15) is 72.1 Å². The Morgan fingerprint density at radius 2 is 2.00 bits per heavy atom. The maximum atomic E-state index is 12.6. The molecule has 0 spiro atoms. The van der Waals surface area contributed by atoms with Crippen molar-refractivity contribution < 1.29 is 9.59 Å². The zero-order chi connectivity index (χ0) is 16.8. The molecule has 0 N–H and O–H groups in total. The highest BCUT2D eigenvalue weighted by molar-refractivity contribution is 5.99. The van der Waals surface area contributed by atoms with Crippen molar-refractivity contribution in [3.63, 3.8) is 0 Å². The first-order chi connectivity index (χ1) is 11.0. The van der Waals surface area contributed by atoms with Gasteiger partial charge in [-0.25, -0.2) is 0 Å². The zero-order valence-electron chi connectivity index (χ0n) is 14.9. The normalized spacial score (nSPS) is 23.0. The summed E-state index contributed by atoms with van der Waals surface area (Å²) in [6.07, 6.45) is 7.59. The molecule has 0 aromatic rings. The Balaban J connectivity index is 2.14. The average Bonchev–Trinajstić information content (AvgIpc) is 3.03. The van der Waals surface area contributed by atoms with E-state index in [2.05, 4.69) is 11.9 Å². The fraction of sp³-hybridized carbons (Fsp3) is 0.833. The molecule has 0 atom stereocenters. The van der Waals surface area contributed by atoms with Crippen LogP contribution >= 0.6 is 0 Å². The molecule has 1 aliphatic heterocycles. The molecule has 1 saturated carbocycles. The first-order valence-electron chi connectivity index (χ1n) is 9.18. The molecule has 0 aromatic carbocycles. The summed E-state index contributed by atoms with van der Waals surface area (Å²) in [7, 11) is 0. The Kier molecular flexibility index (Phi) is 6.60. The van der Waals surface area contributed by atoms with Gasteiger partial charge in [0.15, 0.2) is 0 Å². The number of amidine groups is 1. The van der Waals surface area contributed by atoms with Crippen LogP contribution in [0.3, 0.4) is 0 Å². The van der Waals surface area contributed by atoms with Gasteiger partial charge in [0.2, 0.25) is 11.8 Å². The van der Waals surface area contributed by atoms with Gasteiger partial charge in [0.05, 0.1) is 0 Å². The smallest absolute Gasteiger partial charge is 0.229 e. The van der Waals surface area contributed by atoms with Gasteiger partial charge in [-0.15, -0.1) is 0 Å². The molecule has 0 saturated heterocycles. The van der Waals surface area contributed by atoms with Crippen LogP contribution in [0.15, 0.2) is 4.99 Å². The monoisotopic (exact) mass is 321 g/mol. The lowest BCUT2D eigenvalue weighted by atomic mass is 10.1. The van der Waals surface area contributed by atoms with Crippen LogP contribution in [-0.2, 0) is 9.59 Å². The van der Waals surface area contributed by atoms with Gasteiger partial charge in [0.1, 0.15) is 12.5 Å². The van der Waals surface area contributed by atoms with Gasteiger partial charge in [0, 0.05) is 31.3 Å². The van der Waals surface area contributed by atoms with Crippen LogP contribution in [0.25, 0.3) is 0 Å². The van der Waals surface area contributed by atoms with E-state index in [1.54, 1.807) is 4.90 Å². The van der Waals surface area contributed by atoms with Crippen molar-refractivity contribution in [2.75, 3.05) is 13.2 Å². The van der Waals surface area contributed by atoms with Crippen molar-refractivity contribution in [3.8, 4) is 0 Å². The van der Waals surface area contributed by atoms with Crippen LogP contribution < -0.4 is 0 Å². The van der Waals surface area contributed by atoms with E-state index in [0.29, 0.717) is 19.6 Å². The second kappa shape index (κ2) is 8.46. The van der Waals surface area contributed by atoms with Gasteiger partial charge in [-0.3, -0.25) is 19.5 Å². The summed E-state index contributed by atoms with van der Waals surface area (Å²) in [5, 5.41) is 0. The Morgan fingerprint density at radius 3 is 2.61 bits per heavy atom. The van der Waals surface area contributed by atoms with E-state index < -0.39 is 0 Å². The third-order valence-electron chi connectivity index (χ3n) is 4.85. The fourth-order valence-corrected chi connectivity index (χ4v) is 3.54. The van der Waals surface area contributed by atoms with Crippen molar-refractivity contribution in [2.24, 2.45) is 10.9 Å². The summed E-state index contributed by atoms with van der Waals surface area (Å²) in [4.78, 5) is 33.5. The SMILES string of the molecule is CCCC/C1=N/CN(C(=O)C2CCCC2)CCC(=O)N1C(C)C. The molecule has 1 heterocycles. The van der Waals surface area contributed by atoms with Gasteiger partial charge in [-0.1, -0.05) is 26.2 Å². The van der Waals surface area contributed by atoms with Crippen LogP contribution in [0.4, 0.5) is 0 Å². The molecule has 0 radical (unpaired) electrons. The molecule has 5 nitrogen and oxygen atoms in total. The van der Waals surface area contributed by atoms with Crippen molar-refractivity contribution in [2.45, 2.75) is 78.2 Å². The van der Waals surface area contributed by atoms with Gasteiger partial charge in [0.25, 0.3) is 0 Å². The second-order valence-electron chi connectivity index (χ2n) is 7.01. The van der Waals surface area contributed by atoms with Gasteiger partial charge >= 0.3 is 0 Å². The lowest BCUT2D eigenvalue weighted by molar-refractivity contribution is -0.137. The molecule has 0 aromatic heterocycles. The first kappa shape index (κ1) is 18.0. The highest BCUT2D eigenvalue weighted by Gasteiger charge is 2.30. The van der Waals surface area contributed by atoms with E-state index in [-0.39, 0.29) is 23.8 Å². The predicted molar refractivity (Wildman–Crippen MR) is 92.1 cm³/mol. The van der Waals surface area contributed by atoms with E-state index in [9.17, 15) is 9.59 Å². The number of carbonyl (C=O) groups is 2. The minimum Gasteiger partial charge on any atom is -0.322 e. The molecule has 1 fully saturated rings. The second-order valence-corrected chi connectivity index (χ2v) is 7.01. The molecular formula is C18H31N3O2. The van der Waals surface area contributed by atoms with Crippen LogP contribution in [-0.4, -0.2) is 46.7 Å². The van der Waals surface area contributed by atoms with Crippen molar-refractivity contribution in [1.82, 2.24) is 9.80 Å². The van der Waals surface area contributed by atoms with Crippen LogP contribution in [0.5, 0.6) is 0 Å². The van der Waals surface area contributed by atoms with Gasteiger partial charge < -0.3 is 4.90 Å². The zero-order valence-corrected chi connectivity index (χ0v) is 14.9. The molecule has 0 bridgehead atoms. The maximum Gasteiger partial charge on any atom is 0.229 e. The summed E-state index contributed by atoms with van der Waals surface area (Å²) in [5.41, 5.74) is 0. The molecule has 2 rings (SSSR count). The quantitative estimate of drug-likeness (QED) is 0.781. The van der Waals surface area contributed by atoms with Crippen molar-refractivity contribution >= 4 is 17.6 Å². The summed E-state index contributed by atoms with van der Waals surface area (Å²) < 4.78 is 0. The molecule has 130 valence electrons. The first-order valence-corrected chi connectivity index (χ1v) is 9.18. The lowest BCUT2D eigenvalue weighted by Gasteiger charge is -2.33. The summed E-state index contributed by atoms with van der Waals surface area (Å²) in [5.74, 6) is 1.31. The van der Waals surface area contributed by atoms with E-state index >= 15 is 0 Å². The minimum absolute atomic E-state index is 0.0961. The van der Waals surface area contributed by atoms with Gasteiger partial charge in [-0.05, 0) is 33.1 Å². The molecular weight excluding hydrogens is 290 g/mol. The minimum atomic E-state index is 0.0961. The Morgan fingerprint density at radius 1 is 1.30 bits per heavy atom. The topological polar surface area (TPSA) is 53.0 Å². The number of rotatable bonds is 5. The average molecular weight is 321 g/mol. The van der Waals surface area contributed by atoms with E-state index in [1.807, 2.05) is 18.7 Å².